The summed E-state index contributed by atoms with van der Waals surface area (Å²) in [6.45, 7) is 3.63. The minimum atomic E-state index is -0.385. The number of nitrogens with zero attached hydrogens (tertiary/aromatic N) is 2. The fourth-order valence-electron chi connectivity index (χ4n) is 4.13. The summed E-state index contributed by atoms with van der Waals surface area (Å²) in [5, 5.41) is 13.3. The number of nitrogens with one attached hydrogen (secondary N) is 3. The van der Waals surface area contributed by atoms with Gasteiger partial charge in [0.25, 0.3) is 11.8 Å². The van der Waals surface area contributed by atoms with Crippen molar-refractivity contribution >= 4 is 69.1 Å². The molecule has 0 saturated carbocycles. The molecule has 0 aliphatic rings. The Morgan fingerprint density at radius 1 is 0.955 bits per heavy atom. The zero-order valence-corrected chi connectivity index (χ0v) is 26.1. The number of anilines is 3. The highest BCUT2D eigenvalue weighted by atomic mass is 35.5. The average Bonchev–Trinajstić information content (AvgIpc) is 3.48. The fourth-order valence-corrected chi connectivity index (χ4v) is 5.49. The zero-order chi connectivity index (χ0) is 31.1. The average molecular weight is 645 g/mol. The van der Waals surface area contributed by atoms with Crippen molar-refractivity contribution in [3.05, 3.63) is 123 Å². The highest BCUT2D eigenvalue weighted by Crippen LogP contribution is 2.34. The van der Waals surface area contributed by atoms with E-state index in [1.807, 2.05) is 79.9 Å². The van der Waals surface area contributed by atoms with E-state index in [9.17, 15) is 9.59 Å². The van der Waals surface area contributed by atoms with Crippen LogP contribution in [0.25, 0.3) is 11.3 Å². The van der Waals surface area contributed by atoms with Gasteiger partial charge in [-0.1, -0.05) is 65.7 Å². The third-order valence-electron chi connectivity index (χ3n) is 6.60. The van der Waals surface area contributed by atoms with Gasteiger partial charge in [-0.15, -0.1) is 11.3 Å². The van der Waals surface area contributed by atoms with Gasteiger partial charge in [0.15, 0.2) is 17.5 Å². The topological polar surface area (TPSA) is 105 Å². The Morgan fingerprint density at radius 3 is 2.41 bits per heavy atom. The lowest BCUT2D eigenvalue weighted by atomic mass is 10.1. The van der Waals surface area contributed by atoms with Crippen LogP contribution in [0.1, 0.15) is 27.0 Å². The quantitative estimate of drug-likeness (QED) is 0.105. The molecule has 0 spiro atoms. The number of carbonyl (C=O) groups excluding carboxylic acids is 2. The maximum Gasteiger partial charge on any atom is 0.271 e. The molecule has 0 aliphatic carbocycles. The molecule has 0 aliphatic heterocycles. The first kappa shape index (κ1) is 30.7. The Hall–Kier alpha value is -4.70. The number of aryl methyl sites for hydroxylation is 1. The summed E-state index contributed by atoms with van der Waals surface area (Å²) < 4.78 is 5.60. The van der Waals surface area contributed by atoms with Gasteiger partial charge in [0.1, 0.15) is 0 Å². The van der Waals surface area contributed by atoms with E-state index in [1.165, 1.54) is 17.6 Å². The summed E-state index contributed by atoms with van der Waals surface area (Å²) >= 11 is 14.2. The molecule has 0 saturated heterocycles. The number of hydrazone groups is 1. The van der Waals surface area contributed by atoms with Crippen LogP contribution in [-0.4, -0.2) is 29.6 Å². The van der Waals surface area contributed by atoms with E-state index >= 15 is 0 Å². The zero-order valence-electron chi connectivity index (χ0n) is 23.7. The minimum absolute atomic E-state index is 0.175. The van der Waals surface area contributed by atoms with E-state index in [2.05, 4.69) is 26.1 Å². The molecule has 3 N–H and O–H groups in total. The molecule has 4 aromatic carbocycles. The molecule has 0 bridgehead atoms. The van der Waals surface area contributed by atoms with Gasteiger partial charge in [-0.2, -0.15) is 5.10 Å². The molecule has 0 atom stereocenters. The summed E-state index contributed by atoms with van der Waals surface area (Å²) in [4.78, 5) is 29.7. The van der Waals surface area contributed by atoms with Crippen LogP contribution in [0.2, 0.25) is 10.0 Å². The molecule has 11 heteroatoms. The van der Waals surface area contributed by atoms with E-state index < -0.39 is 0 Å². The van der Waals surface area contributed by atoms with Gasteiger partial charge in [0, 0.05) is 27.9 Å². The number of hydrogen-bond donors (Lipinski definition) is 3. The molecule has 2 amide bonds. The van der Waals surface area contributed by atoms with Crippen molar-refractivity contribution in [1.29, 1.82) is 0 Å². The van der Waals surface area contributed by atoms with Crippen LogP contribution in [0.4, 0.5) is 16.5 Å². The molecule has 5 aromatic rings. The van der Waals surface area contributed by atoms with Crippen molar-refractivity contribution in [3.63, 3.8) is 0 Å². The van der Waals surface area contributed by atoms with Crippen molar-refractivity contribution in [2.24, 2.45) is 5.10 Å². The second-order valence-electron chi connectivity index (χ2n) is 9.70. The highest BCUT2D eigenvalue weighted by molar-refractivity contribution is 7.14. The minimum Gasteiger partial charge on any atom is -0.481 e. The number of hydrogen-bond acceptors (Lipinski definition) is 7. The summed E-state index contributed by atoms with van der Waals surface area (Å²) in [6.07, 6.45) is 1.41. The van der Waals surface area contributed by atoms with Crippen molar-refractivity contribution in [2.75, 3.05) is 17.2 Å². The number of halogens is 2. The summed E-state index contributed by atoms with van der Waals surface area (Å²) in [5.41, 5.74) is 8.88. The summed E-state index contributed by atoms with van der Waals surface area (Å²) in [5.74, 6) is -0.554. The largest absolute Gasteiger partial charge is 0.481 e. The van der Waals surface area contributed by atoms with Crippen molar-refractivity contribution in [1.82, 2.24) is 10.4 Å². The van der Waals surface area contributed by atoms with Crippen LogP contribution >= 0.6 is 34.5 Å². The van der Waals surface area contributed by atoms with Crippen LogP contribution in [0, 0.1) is 13.8 Å². The number of carbonyl (C=O) groups is 2. The predicted octanol–water partition coefficient (Wildman–Crippen LogP) is 8.26. The number of aromatic nitrogens is 1. The van der Waals surface area contributed by atoms with E-state index in [0.717, 1.165) is 33.2 Å². The normalized spacial score (nSPS) is 10.9. The van der Waals surface area contributed by atoms with Gasteiger partial charge < -0.3 is 15.4 Å². The maximum atomic E-state index is 12.6. The number of thiazole rings is 1. The number of amides is 2. The second-order valence-corrected chi connectivity index (χ2v) is 11.4. The molecule has 222 valence electrons. The van der Waals surface area contributed by atoms with Crippen molar-refractivity contribution in [3.8, 4) is 17.0 Å². The molecule has 0 radical (unpaired) electrons. The van der Waals surface area contributed by atoms with E-state index in [1.54, 1.807) is 24.3 Å². The number of rotatable bonds is 10. The lowest BCUT2D eigenvalue weighted by molar-refractivity contribution is -0.118. The standard InChI is InChI=1S/C33H27Cl2N5O3S/c1-20-7-6-10-28(21(20)2)38-30(41)18-43-31-26(34)15-22(16-27(31)35)17-36-40-32(42)24-13-11-23(12-14-24)29-19-44-33(39-29)37-25-8-4-3-5-9-25/h3-17,19H,18H2,1-2H3,(H,37,39)(H,38,41)(H,40,42)/b36-17+. The molecule has 1 aromatic heterocycles. The first-order chi connectivity index (χ1) is 21.3. The third-order valence-corrected chi connectivity index (χ3v) is 7.92. The van der Waals surface area contributed by atoms with Gasteiger partial charge in [0.2, 0.25) is 0 Å². The van der Waals surface area contributed by atoms with Crippen LogP contribution in [0.5, 0.6) is 5.75 Å². The second kappa shape index (κ2) is 14.2. The van der Waals surface area contributed by atoms with Crippen molar-refractivity contribution < 1.29 is 14.3 Å². The highest BCUT2D eigenvalue weighted by Gasteiger charge is 2.13. The lowest BCUT2D eigenvalue weighted by Crippen LogP contribution is -2.21. The maximum absolute atomic E-state index is 12.6. The van der Waals surface area contributed by atoms with Crippen LogP contribution in [0.15, 0.2) is 95.4 Å². The first-order valence-electron chi connectivity index (χ1n) is 13.5. The molecule has 8 nitrogen and oxygen atoms in total. The summed E-state index contributed by atoms with van der Waals surface area (Å²) in [6, 6.07) is 25.7. The van der Waals surface area contributed by atoms with Crippen LogP contribution in [-0.2, 0) is 4.79 Å². The monoisotopic (exact) mass is 643 g/mol. The molecule has 1 heterocycles. The van der Waals surface area contributed by atoms with Gasteiger partial charge in [-0.3, -0.25) is 9.59 Å². The molecular weight excluding hydrogens is 617 g/mol. The van der Waals surface area contributed by atoms with Gasteiger partial charge in [0.05, 0.1) is 22.0 Å². The molecule has 0 unspecified atom stereocenters. The molecule has 0 fully saturated rings. The van der Waals surface area contributed by atoms with Crippen LogP contribution < -0.4 is 20.8 Å². The molecule has 44 heavy (non-hydrogen) atoms. The number of ether oxygens (including phenoxy) is 1. The van der Waals surface area contributed by atoms with E-state index in [-0.39, 0.29) is 34.2 Å². The van der Waals surface area contributed by atoms with Crippen molar-refractivity contribution in [2.45, 2.75) is 13.8 Å². The van der Waals surface area contributed by atoms with Crippen LogP contribution in [0.3, 0.4) is 0 Å². The smallest absolute Gasteiger partial charge is 0.271 e. The Balaban J connectivity index is 1.14. The Labute approximate surface area is 268 Å². The SMILES string of the molecule is Cc1cccc(NC(=O)COc2c(Cl)cc(/C=N/NC(=O)c3ccc(-c4csc(Nc5ccccc5)n4)cc3)cc2Cl)c1C. The first-order valence-corrected chi connectivity index (χ1v) is 15.1. The Bertz CT molecular complexity index is 1800. The summed E-state index contributed by atoms with van der Waals surface area (Å²) in [7, 11) is 0. The predicted molar refractivity (Wildman–Crippen MR) is 179 cm³/mol. The number of benzene rings is 4. The van der Waals surface area contributed by atoms with E-state index in [0.29, 0.717) is 16.8 Å². The Morgan fingerprint density at radius 2 is 1.68 bits per heavy atom. The fraction of sp³-hybridized carbons (Fsp3) is 0.0909. The third kappa shape index (κ3) is 7.82. The molecular formula is C33H27Cl2N5O3S. The van der Waals surface area contributed by atoms with Gasteiger partial charge >= 0.3 is 0 Å². The lowest BCUT2D eigenvalue weighted by Gasteiger charge is -2.13. The Kier molecular flexibility index (Phi) is 9.91. The van der Waals surface area contributed by atoms with Gasteiger partial charge in [-0.25, -0.2) is 10.4 Å². The molecule has 5 rings (SSSR count). The van der Waals surface area contributed by atoms with Gasteiger partial charge in [-0.05, 0) is 73.0 Å². The number of para-hydroxylation sites is 1. The van der Waals surface area contributed by atoms with E-state index in [4.69, 9.17) is 27.9 Å².